The molecule has 2 aromatic rings. The van der Waals surface area contributed by atoms with Crippen molar-refractivity contribution in [1.82, 2.24) is 9.80 Å². The van der Waals surface area contributed by atoms with Crippen molar-refractivity contribution in [3.8, 4) is 11.3 Å². The predicted octanol–water partition coefficient (Wildman–Crippen LogP) is 4.62. The van der Waals surface area contributed by atoms with Gasteiger partial charge in [0.1, 0.15) is 11.5 Å². The summed E-state index contributed by atoms with van der Waals surface area (Å²) in [6, 6.07) is 13.1. The molecule has 0 amide bonds. The van der Waals surface area contributed by atoms with Gasteiger partial charge in [0.05, 0.1) is 13.1 Å². The molecule has 1 saturated heterocycles. The van der Waals surface area contributed by atoms with Gasteiger partial charge in [-0.15, -0.1) is 0 Å². The lowest BCUT2D eigenvalue weighted by Crippen LogP contribution is -2.46. The Morgan fingerprint density at radius 1 is 1.14 bits per heavy atom. The first-order valence-corrected chi connectivity index (χ1v) is 10.6. The van der Waals surface area contributed by atoms with Gasteiger partial charge in [0.25, 0.3) is 0 Å². The molecule has 0 spiro atoms. The van der Waals surface area contributed by atoms with Crippen LogP contribution in [0.3, 0.4) is 0 Å². The average Bonchev–Trinajstić information content (AvgIpc) is 3.14. The Bertz CT molecular complexity index is 796. The van der Waals surface area contributed by atoms with Crippen molar-refractivity contribution in [1.29, 1.82) is 0 Å². The summed E-state index contributed by atoms with van der Waals surface area (Å²) in [7, 11) is 0. The van der Waals surface area contributed by atoms with Crippen LogP contribution in [0.15, 0.2) is 40.8 Å². The minimum absolute atomic E-state index is 0.136. The minimum atomic E-state index is -0.743. The molecule has 5 heteroatoms. The van der Waals surface area contributed by atoms with E-state index in [1.165, 1.54) is 5.56 Å². The van der Waals surface area contributed by atoms with Crippen molar-refractivity contribution in [3.63, 3.8) is 0 Å². The Balaban J connectivity index is 1.55. The Morgan fingerprint density at radius 2 is 1.79 bits per heavy atom. The summed E-state index contributed by atoms with van der Waals surface area (Å²) in [5, 5.41) is 9.08. The Kier molecular flexibility index (Phi) is 6.81. The summed E-state index contributed by atoms with van der Waals surface area (Å²) < 4.78 is 6.12. The van der Waals surface area contributed by atoms with Crippen LogP contribution in [0.4, 0.5) is 0 Å². The van der Waals surface area contributed by atoms with Crippen molar-refractivity contribution in [3.05, 3.63) is 47.7 Å². The van der Waals surface area contributed by atoms with Crippen LogP contribution in [0.5, 0.6) is 0 Å². The molecule has 158 valence electrons. The summed E-state index contributed by atoms with van der Waals surface area (Å²) >= 11 is 0. The number of carbonyl (C=O) groups is 1. The molecule has 5 nitrogen and oxygen atoms in total. The SMILES string of the molecule is CCN(CC(=O)O)C1CCN(Cc2ccc(-c3ccc(C(C)(C)C)cc3)o2)CC1. The smallest absolute Gasteiger partial charge is 0.317 e. The molecule has 2 heterocycles. The molecule has 29 heavy (non-hydrogen) atoms. The van der Waals surface area contributed by atoms with Gasteiger partial charge in [-0.3, -0.25) is 14.6 Å². The highest BCUT2D eigenvalue weighted by Crippen LogP contribution is 2.28. The van der Waals surface area contributed by atoms with E-state index in [4.69, 9.17) is 9.52 Å². The fraction of sp³-hybridized carbons (Fsp3) is 0.542. The minimum Gasteiger partial charge on any atom is -0.480 e. The van der Waals surface area contributed by atoms with Crippen LogP contribution in [0.2, 0.25) is 0 Å². The maximum atomic E-state index is 11.0. The highest BCUT2D eigenvalue weighted by molar-refractivity contribution is 5.69. The average molecular weight is 399 g/mol. The van der Waals surface area contributed by atoms with Crippen LogP contribution in [-0.2, 0) is 16.8 Å². The molecular formula is C24H34N2O3. The molecule has 3 rings (SSSR count). The van der Waals surface area contributed by atoms with Crippen molar-refractivity contribution in [2.75, 3.05) is 26.2 Å². The maximum absolute atomic E-state index is 11.0. The van der Waals surface area contributed by atoms with Crippen molar-refractivity contribution >= 4 is 5.97 Å². The molecule has 1 aromatic heterocycles. The number of hydrogen-bond donors (Lipinski definition) is 1. The zero-order chi connectivity index (χ0) is 21.0. The van der Waals surface area contributed by atoms with E-state index in [2.05, 4.69) is 67.0 Å². The van der Waals surface area contributed by atoms with Gasteiger partial charge in [-0.2, -0.15) is 0 Å². The highest BCUT2D eigenvalue weighted by atomic mass is 16.4. The van der Waals surface area contributed by atoms with E-state index in [9.17, 15) is 4.79 Å². The number of furan rings is 1. The Labute approximate surface area is 174 Å². The number of aliphatic carboxylic acids is 1. The van der Waals surface area contributed by atoms with E-state index in [0.717, 1.165) is 56.1 Å². The van der Waals surface area contributed by atoms with Crippen molar-refractivity contribution in [2.24, 2.45) is 0 Å². The molecule has 1 aliphatic heterocycles. The molecule has 0 aliphatic carbocycles. The first-order chi connectivity index (χ1) is 13.8. The van der Waals surface area contributed by atoms with Crippen LogP contribution in [0.25, 0.3) is 11.3 Å². The fourth-order valence-corrected chi connectivity index (χ4v) is 4.09. The molecule has 0 radical (unpaired) electrons. The van der Waals surface area contributed by atoms with Gasteiger partial charge in [-0.05, 0) is 42.5 Å². The molecule has 0 atom stereocenters. The molecule has 0 unspecified atom stereocenters. The van der Waals surface area contributed by atoms with Crippen LogP contribution < -0.4 is 0 Å². The standard InChI is InChI=1S/C24H34N2O3/c1-5-26(17-23(27)28)20-12-14-25(15-13-20)16-21-10-11-22(29-21)18-6-8-19(9-7-18)24(2,3)4/h6-11,20H,5,12-17H2,1-4H3,(H,27,28). The molecular weight excluding hydrogens is 364 g/mol. The Morgan fingerprint density at radius 3 is 2.34 bits per heavy atom. The fourth-order valence-electron chi connectivity index (χ4n) is 4.09. The predicted molar refractivity (Wildman–Crippen MR) is 116 cm³/mol. The van der Waals surface area contributed by atoms with E-state index in [0.29, 0.717) is 6.04 Å². The summed E-state index contributed by atoms with van der Waals surface area (Å²) in [6.07, 6.45) is 2.01. The van der Waals surface area contributed by atoms with Gasteiger partial charge in [-0.1, -0.05) is 52.0 Å². The zero-order valence-corrected chi connectivity index (χ0v) is 18.1. The third-order valence-corrected chi connectivity index (χ3v) is 5.89. The number of carboxylic acids is 1. The lowest BCUT2D eigenvalue weighted by molar-refractivity contribution is -0.139. The van der Waals surface area contributed by atoms with E-state index >= 15 is 0 Å². The second-order valence-corrected chi connectivity index (χ2v) is 9.06. The van der Waals surface area contributed by atoms with Crippen LogP contribution in [-0.4, -0.2) is 53.1 Å². The number of benzene rings is 1. The zero-order valence-electron chi connectivity index (χ0n) is 18.1. The van der Waals surface area contributed by atoms with Gasteiger partial charge < -0.3 is 9.52 Å². The largest absolute Gasteiger partial charge is 0.480 e. The van der Waals surface area contributed by atoms with Crippen LogP contribution in [0.1, 0.15) is 51.9 Å². The molecule has 0 bridgehead atoms. The summed E-state index contributed by atoms with van der Waals surface area (Å²) in [5.41, 5.74) is 2.58. The van der Waals surface area contributed by atoms with Crippen molar-refractivity contribution < 1.29 is 14.3 Å². The highest BCUT2D eigenvalue weighted by Gasteiger charge is 2.25. The number of likely N-dealkylation sites (N-methyl/N-ethyl adjacent to an activating group) is 1. The first kappa shape index (κ1) is 21.6. The van der Waals surface area contributed by atoms with Crippen LogP contribution in [0, 0.1) is 0 Å². The molecule has 1 aliphatic rings. The third kappa shape index (κ3) is 5.71. The first-order valence-electron chi connectivity index (χ1n) is 10.6. The summed E-state index contributed by atoms with van der Waals surface area (Å²) in [5.74, 6) is 1.15. The number of piperidine rings is 1. The number of hydrogen-bond acceptors (Lipinski definition) is 4. The van der Waals surface area contributed by atoms with E-state index in [-0.39, 0.29) is 12.0 Å². The maximum Gasteiger partial charge on any atom is 0.317 e. The Hall–Kier alpha value is -2.11. The van der Waals surface area contributed by atoms with Gasteiger partial charge in [0.15, 0.2) is 0 Å². The number of nitrogens with zero attached hydrogens (tertiary/aromatic N) is 2. The monoisotopic (exact) mass is 398 g/mol. The number of carboxylic acid groups (broad SMARTS) is 1. The van der Waals surface area contributed by atoms with Crippen molar-refractivity contribution in [2.45, 2.75) is 58.5 Å². The van der Waals surface area contributed by atoms with Gasteiger partial charge in [0.2, 0.25) is 0 Å². The van der Waals surface area contributed by atoms with E-state index < -0.39 is 5.97 Å². The molecule has 0 saturated carbocycles. The molecule has 1 N–H and O–H groups in total. The van der Waals surface area contributed by atoms with Gasteiger partial charge >= 0.3 is 5.97 Å². The molecule has 1 aromatic carbocycles. The second kappa shape index (κ2) is 9.14. The number of rotatable bonds is 7. The molecule has 1 fully saturated rings. The topological polar surface area (TPSA) is 56.9 Å². The van der Waals surface area contributed by atoms with E-state index in [1.807, 2.05) is 6.92 Å². The van der Waals surface area contributed by atoms with Gasteiger partial charge in [0, 0.05) is 24.7 Å². The second-order valence-electron chi connectivity index (χ2n) is 9.06. The number of likely N-dealkylation sites (tertiary alicyclic amines) is 1. The van der Waals surface area contributed by atoms with Crippen LogP contribution >= 0.6 is 0 Å². The van der Waals surface area contributed by atoms with E-state index in [1.54, 1.807) is 0 Å². The third-order valence-electron chi connectivity index (χ3n) is 5.89. The normalized spacial score (nSPS) is 16.4. The summed E-state index contributed by atoms with van der Waals surface area (Å²) in [4.78, 5) is 15.5. The lowest BCUT2D eigenvalue weighted by Gasteiger charge is -2.37. The lowest BCUT2D eigenvalue weighted by atomic mass is 9.86. The van der Waals surface area contributed by atoms with Gasteiger partial charge in [-0.25, -0.2) is 0 Å². The summed E-state index contributed by atoms with van der Waals surface area (Å²) in [6.45, 7) is 12.4. The quantitative estimate of drug-likeness (QED) is 0.738.